The molecule has 0 atom stereocenters. The lowest BCUT2D eigenvalue weighted by atomic mass is 10.2. The molecule has 0 aliphatic rings. The molecule has 0 saturated carbocycles. The van der Waals surface area contributed by atoms with Gasteiger partial charge in [-0.1, -0.05) is 12.1 Å². The summed E-state index contributed by atoms with van der Waals surface area (Å²) in [5.41, 5.74) is 3.85. The van der Waals surface area contributed by atoms with Crippen LogP contribution in [-0.2, 0) is 13.0 Å². The lowest BCUT2D eigenvalue weighted by Crippen LogP contribution is -2.01. The number of aliphatic hydroxyl groups excluding tert-OH is 1. The van der Waals surface area contributed by atoms with Gasteiger partial charge in [0.05, 0.1) is 24.4 Å². The quantitative estimate of drug-likeness (QED) is 0.885. The molecule has 1 aromatic carbocycles. The third-order valence-electron chi connectivity index (χ3n) is 2.55. The molecular weight excluding hydrogens is 234 g/mol. The van der Waals surface area contributed by atoms with Crippen LogP contribution < -0.4 is 4.74 Å². The number of aliphatic hydroxyl groups is 1. The number of benzene rings is 1. The zero-order valence-electron chi connectivity index (χ0n) is 9.72. The van der Waals surface area contributed by atoms with Crippen LogP contribution in [0.5, 0.6) is 5.75 Å². The molecule has 1 aromatic heterocycles. The number of thiazole rings is 1. The first-order valence-electron chi connectivity index (χ1n) is 5.51. The highest BCUT2D eigenvalue weighted by molar-refractivity contribution is 7.09. The molecule has 1 heterocycles. The van der Waals surface area contributed by atoms with Crippen LogP contribution in [0.1, 0.15) is 16.1 Å². The predicted molar refractivity (Wildman–Crippen MR) is 68.4 cm³/mol. The standard InChI is InChI=1S/C13H15NO2S/c1-10-13(17-9-14-10)6-7-16-12-4-2-11(8-15)3-5-12/h2-5,9,15H,6-8H2,1H3. The van der Waals surface area contributed by atoms with Gasteiger partial charge in [-0.15, -0.1) is 11.3 Å². The molecule has 4 heteroatoms. The third kappa shape index (κ3) is 3.28. The minimum atomic E-state index is 0.0698. The molecule has 0 unspecified atom stereocenters. The monoisotopic (exact) mass is 249 g/mol. The van der Waals surface area contributed by atoms with Gasteiger partial charge >= 0.3 is 0 Å². The largest absolute Gasteiger partial charge is 0.493 e. The number of ether oxygens (including phenoxy) is 1. The summed E-state index contributed by atoms with van der Waals surface area (Å²) in [7, 11) is 0. The zero-order valence-corrected chi connectivity index (χ0v) is 10.5. The minimum Gasteiger partial charge on any atom is -0.493 e. The van der Waals surface area contributed by atoms with Crippen molar-refractivity contribution < 1.29 is 9.84 Å². The van der Waals surface area contributed by atoms with Crippen molar-refractivity contribution in [3.63, 3.8) is 0 Å². The van der Waals surface area contributed by atoms with Gasteiger partial charge in [0.2, 0.25) is 0 Å². The van der Waals surface area contributed by atoms with Crippen LogP contribution in [0, 0.1) is 6.92 Å². The van der Waals surface area contributed by atoms with Gasteiger partial charge < -0.3 is 9.84 Å². The van der Waals surface area contributed by atoms with E-state index in [9.17, 15) is 0 Å². The number of hydrogen-bond acceptors (Lipinski definition) is 4. The number of hydrogen-bond donors (Lipinski definition) is 1. The van der Waals surface area contributed by atoms with Gasteiger partial charge in [-0.3, -0.25) is 0 Å². The number of aryl methyl sites for hydroxylation is 1. The van der Waals surface area contributed by atoms with Crippen LogP contribution in [-0.4, -0.2) is 16.7 Å². The summed E-state index contributed by atoms with van der Waals surface area (Å²) >= 11 is 1.67. The van der Waals surface area contributed by atoms with Crippen molar-refractivity contribution in [2.75, 3.05) is 6.61 Å². The van der Waals surface area contributed by atoms with E-state index in [0.717, 1.165) is 23.4 Å². The Morgan fingerprint density at radius 1 is 1.29 bits per heavy atom. The van der Waals surface area contributed by atoms with Gasteiger partial charge in [0.1, 0.15) is 5.75 Å². The third-order valence-corrected chi connectivity index (χ3v) is 3.54. The lowest BCUT2D eigenvalue weighted by molar-refractivity contribution is 0.281. The average Bonchev–Trinajstić information content (AvgIpc) is 2.76. The van der Waals surface area contributed by atoms with E-state index < -0.39 is 0 Å². The summed E-state index contributed by atoms with van der Waals surface area (Å²) in [6.45, 7) is 2.74. The molecule has 0 bridgehead atoms. The normalized spacial score (nSPS) is 10.5. The maximum Gasteiger partial charge on any atom is 0.119 e. The van der Waals surface area contributed by atoms with E-state index in [0.29, 0.717) is 6.61 Å². The Morgan fingerprint density at radius 3 is 2.65 bits per heavy atom. The van der Waals surface area contributed by atoms with Crippen LogP contribution in [0.15, 0.2) is 29.8 Å². The second-order valence-electron chi connectivity index (χ2n) is 3.76. The molecule has 0 fully saturated rings. The first-order chi connectivity index (χ1) is 8.29. The summed E-state index contributed by atoms with van der Waals surface area (Å²) in [6.07, 6.45) is 0.887. The molecule has 0 saturated heterocycles. The van der Waals surface area contributed by atoms with Gasteiger partial charge in [-0.05, 0) is 24.6 Å². The molecule has 0 aliphatic heterocycles. The number of aromatic nitrogens is 1. The van der Waals surface area contributed by atoms with Crippen molar-refractivity contribution in [1.29, 1.82) is 0 Å². The van der Waals surface area contributed by atoms with Gasteiger partial charge in [0, 0.05) is 11.3 Å². The van der Waals surface area contributed by atoms with Crippen LogP contribution in [0.2, 0.25) is 0 Å². The van der Waals surface area contributed by atoms with Crippen molar-refractivity contribution in [3.05, 3.63) is 45.9 Å². The van der Waals surface area contributed by atoms with E-state index in [4.69, 9.17) is 9.84 Å². The molecule has 0 aliphatic carbocycles. The fraction of sp³-hybridized carbons (Fsp3) is 0.308. The Bertz CT molecular complexity index is 465. The first-order valence-corrected chi connectivity index (χ1v) is 6.39. The molecule has 0 spiro atoms. The SMILES string of the molecule is Cc1ncsc1CCOc1ccc(CO)cc1. The molecule has 90 valence electrons. The highest BCUT2D eigenvalue weighted by atomic mass is 32.1. The maximum absolute atomic E-state index is 8.91. The summed E-state index contributed by atoms with van der Waals surface area (Å²) in [6, 6.07) is 7.50. The summed E-state index contributed by atoms with van der Waals surface area (Å²) in [4.78, 5) is 5.48. The van der Waals surface area contributed by atoms with Gasteiger partial charge in [0.25, 0.3) is 0 Å². The summed E-state index contributed by atoms with van der Waals surface area (Å²) < 4.78 is 5.63. The topological polar surface area (TPSA) is 42.4 Å². The maximum atomic E-state index is 8.91. The van der Waals surface area contributed by atoms with E-state index in [-0.39, 0.29) is 6.61 Å². The van der Waals surface area contributed by atoms with Crippen molar-refractivity contribution >= 4 is 11.3 Å². The van der Waals surface area contributed by atoms with E-state index >= 15 is 0 Å². The van der Waals surface area contributed by atoms with E-state index in [1.165, 1.54) is 4.88 Å². The summed E-state index contributed by atoms with van der Waals surface area (Å²) in [5, 5.41) is 8.91. The Hall–Kier alpha value is -1.39. The van der Waals surface area contributed by atoms with E-state index in [2.05, 4.69) is 4.98 Å². The van der Waals surface area contributed by atoms with Gasteiger partial charge in [-0.2, -0.15) is 0 Å². The van der Waals surface area contributed by atoms with Crippen molar-refractivity contribution in [2.45, 2.75) is 20.0 Å². The fourth-order valence-corrected chi connectivity index (χ4v) is 2.28. The number of rotatable bonds is 5. The highest BCUT2D eigenvalue weighted by Gasteiger charge is 2.01. The zero-order chi connectivity index (χ0) is 12.1. The minimum absolute atomic E-state index is 0.0698. The highest BCUT2D eigenvalue weighted by Crippen LogP contribution is 2.15. The molecule has 3 nitrogen and oxygen atoms in total. The average molecular weight is 249 g/mol. The molecule has 2 aromatic rings. The Labute approximate surface area is 105 Å². The second kappa shape index (κ2) is 5.80. The molecule has 1 N–H and O–H groups in total. The van der Waals surface area contributed by atoms with Crippen LogP contribution in [0.25, 0.3) is 0 Å². The second-order valence-corrected chi connectivity index (χ2v) is 4.70. The van der Waals surface area contributed by atoms with Crippen molar-refractivity contribution in [3.8, 4) is 5.75 Å². The van der Waals surface area contributed by atoms with Gasteiger partial charge in [0.15, 0.2) is 0 Å². The van der Waals surface area contributed by atoms with E-state index in [1.807, 2.05) is 36.7 Å². The summed E-state index contributed by atoms with van der Waals surface area (Å²) in [5.74, 6) is 0.837. The molecule has 17 heavy (non-hydrogen) atoms. The Kier molecular flexibility index (Phi) is 4.12. The fourth-order valence-electron chi connectivity index (χ4n) is 1.52. The first kappa shape index (κ1) is 12.1. The Morgan fingerprint density at radius 2 is 2.06 bits per heavy atom. The molecular formula is C13H15NO2S. The van der Waals surface area contributed by atoms with Crippen molar-refractivity contribution in [1.82, 2.24) is 4.98 Å². The molecule has 0 radical (unpaired) electrons. The van der Waals surface area contributed by atoms with Gasteiger partial charge in [-0.25, -0.2) is 4.98 Å². The van der Waals surface area contributed by atoms with Crippen LogP contribution in [0.3, 0.4) is 0 Å². The van der Waals surface area contributed by atoms with Crippen LogP contribution >= 0.6 is 11.3 Å². The van der Waals surface area contributed by atoms with E-state index in [1.54, 1.807) is 11.3 Å². The molecule has 2 rings (SSSR count). The smallest absolute Gasteiger partial charge is 0.119 e. The molecule has 0 amide bonds. The predicted octanol–water partition coefficient (Wildman–Crippen LogP) is 2.57. The van der Waals surface area contributed by atoms with Crippen molar-refractivity contribution in [2.24, 2.45) is 0 Å². The Balaban J connectivity index is 1.83. The van der Waals surface area contributed by atoms with Crippen LogP contribution in [0.4, 0.5) is 0 Å². The lowest BCUT2D eigenvalue weighted by Gasteiger charge is -2.06. The number of nitrogens with zero attached hydrogens (tertiary/aromatic N) is 1.